The first-order chi connectivity index (χ1) is 18.4. The number of fused-ring (bicyclic) bond motifs is 3. The third kappa shape index (κ3) is 5.16. The summed E-state index contributed by atoms with van der Waals surface area (Å²) < 4.78 is 10.9. The summed E-state index contributed by atoms with van der Waals surface area (Å²) in [6.45, 7) is 2.18. The number of morpholine rings is 1. The third-order valence-corrected chi connectivity index (χ3v) is 6.98. The molecule has 196 valence electrons. The number of anilines is 1. The van der Waals surface area contributed by atoms with E-state index in [0.717, 1.165) is 22.3 Å². The van der Waals surface area contributed by atoms with Crippen molar-refractivity contribution >= 4 is 23.4 Å². The molecule has 1 aliphatic carbocycles. The van der Waals surface area contributed by atoms with Gasteiger partial charge in [-0.1, -0.05) is 48.5 Å². The Morgan fingerprint density at radius 3 is 2.29 bits per heavy atom. The molecule has 10 nitrogen and oxygen atoms in total. The Balaban J connectivity index is 1.31. The summed E-state index contributed by atoms with van der Waals surface area (Å²) >= 11 is 0. The first kappa shape index (κ1) is 25.2. The van der Waals surface area contributed by atoms with Crippen molar-refractivity contribution in [1.29, 1.82) is 0 Å². The van der Waals surface area contributed by atoms with Crippen molar-refractivity contribution in [3.63, 3.8) is 0 Å². The second-order valence-electron chi connectivity index (χ2n) is 9.23. The van der Waals surface area contributed by atoms with Gasteiger partial charge in [-0.15, -0.1) is 0 Å². The van der Waals surface area contributed by atoms with Crippen LogP contribution < -0.4 is 10.2 Å². The highest BCUT2D eigenvalue weighted by atomic mass is 16.6. The minimum Gasteiger partial charge on any atom is -0.480 e. The average molecular weight is 518 g/mol. The standard InChI is InChI=1S/C28H27N3O7/c32-27(33)25(16-18-15-19(31(35)36)9-10-26(18)30-11-13-37-14-12-30)29-28(34)38-17-24-22-7-3-1-5-20(22)21-6-2-4-8-23(21)24/h1-10,15,24-25H,11-14,16-17H2,(H,29,34)(H,32,33). The molecule has 1 amide bonds. The lowest BCUT2D eigenvalue weighted by molar-refractivity contribution is -0.384. The number of carbonyl (C=O) groups excluding carboxylic acids is 1. The van der Waals surface area contributed by atoms with Crippen LogP contribution in [0, 0.1) is 10.1 Å². The number of carbonyl (C=O) groups is 2. The molecule has 2 aliphatic rings. The molecule has 1 unspecified atom stereocenters. The van der Waals surface area contributed by atoms with Crippen LogP contribution in [0.4, 0.5) is 16.2 Å². The predicted molar refractivity (Wildman–Crippen MR) is 139 cm³/mol. The van der Waals surface area contributed by atoms with Crippen LogP contribution in [0.15, 0.2) is 66.7 Å². The number of rotatable bonds is 8. The summed E-state index contributed by atoms with van der Waals surface area (Å²) in [6, 6.07) is 18.9. The molecule has 1 atom stereocenters. The quantitative estimate of drug-likeness (QED) is 0.339. The fourth-order valence-corrected chi connectivity index (χ4v) is 5.16. The molecule has 0 bridgehead atoms. The Bertz CT molecular complexity index is 1320. The van der Waals surface area contributed by atoms with Gasteiger partial charge in [-0.25, -0.2) is 9.59 Å². The van der Waals surface area contributed by atoms with Gasteiger partial charge in [0.1, 0.15) is 12.6 Å². The predicted octanol–water partition coefficient (Wildman–Crippen LogP) is 3.97. The van der Waals surface area contributed by atoms with E-state index in [1.54, 1.807) is 6.07 Å². The number of amides is 1. The first-order valence-electron chi connectivity index (χ1n) is 12.4. The molecule has 1 saturated heterocycles. The van der Waals surface area contributed by atoms with E-state index in [1.807, 2.05) is 53.4 Å². The number of non-ortho nitro benzene ring substituents is 1. The van der Waals surface area contributed by atoms with Crippen molar-refractivity contribution < 1.29 is 29.1 Å². The average Bonchev–Trinajstić information content (AvgIpc) is 3.25. The lowest BCUT2D eigenvalue weighted by Gasteiger charge is -2.31. The molecule has 0 saturated carbocycles. The van der Waals surface area contributed by atoms with Gasteiger partial charge < -0.3 is 24.8 Å². The number of carboxylic acid groups (broad SMARTS) is 1. The number of benzene rings is 3. The molecular weight excluding hydrogens is 490 g/mol. The zero-order chi connectivity index (χ0) is 26.6. The SMILES string of the molecule is O=C(NC(Cc1cc([N+](=O)[O-])ccc1N1CCOCC1)C(=O)O)OCC1c2ccccc2-c2ccccc21. The molecule has 0 spiro atoms. The molecule has 0 aromatic heterocycles. The van der Waals surface area contributed by atoms with Crippen LogP contribution in [0.1, 0.15) is 22.6 Å². The highest BCUT2D eigenvalue weighted by Crippen LogP contribution is 2.44. The van der Waals surface area contributed by atoms with Crippen LogP contribution in [-0.2, 0) is 20.7 Å². The van der Waals surface area contributed by atoms with Crippen molar-refractivity contribution in [2.45, 2.75) is 18.4 Å². The van der Waals surface area contributed by atoms with E-state index in [9.17, 15) is 24.8 Å². The number of carboxylic acids is 1. The topological polar surface area (TPSA) is 131 Å². The summed E-state index contributed by atoms with van der Waals surface area (Å²) in [5.41, 5.74) is 5.24. The molecule has 0 radical (unpaired) electrons. The molecule has 2 N–H and O–H groups in total. The minimum absolute atomic E-state index is 0.0437. The van der Waals surface area contributed by atoms with E-state index in [2.05, 4.69) is 5.32 Å². The number of hydrogen-bond acceptors (Lipinski definition) is 7. The van der Waals surface area contributed by atoms with E-state index in [1.165, 1.54) is 12.1 Å². The number of ether oxygens (including phenoxy) is 2. The van der Waals surface area contributed by atoms with E-state index >= 15 is 0 Å². The van der Waals surface area contributed by atoms with Crippen LogP contribution in [0.5, 0.6) is 0 Å². The summed E-state index contributed by atoms with van der Waals surface area (Å²) in [5.74, 6) is -1.43. The second-order valence-corrected chi connectivity index (χ2v) is 9.23. The van der Waals surface area contributed by atoms with Crippen LogP contribution in [0.3, 0.4) is 0 Å². The van der Waals surface area contributed by atoms with E-state index in [0.29, 0.717) is 37.6 Å². The van der Waals surface area contributed by atoms with E-state index in [4.69, 9.17) is 9.47 Å². The number of nitro groups is 1. The monoisotopic (exact) mass is 517 g/mol. The zero-order valence-corrected chi connectivity index (χ0v) is 20.5. The molecule has 3 aromatic carbocycles. The zero-order valence-electron chi connectivity index (χ0n) is 20.5. The van der Waals surface area contributed by atoms with Gasteiger partial charge in [0, 0.05) is 43.2 Å². The second kappa shape index (κ2) is 10.9. The Hall–Kier alpha value is -4.44. The maximum Gasteiger partial charge on any atom is 0.407 e. The first-order valence-corrected chi connectivity index (χ1v) is 12.4. The molecule has 1 aliphatic heterocycles. The van der Waals surface area contributed by atoms with Crippen LogP contribution >= 0.6 is 0 Å². The van der Waals surface area contributed by atoms with Crippen LogP contribution in [-0.4, -0.2) is 61.0 Å². The van der Waals surface area contributed by atoms with Gasteiger partial charge in [0.05, 0.1) is 18.1 Å². The molecular formula is C28H27N3O7. The fraction of sp³-hybridized carbons (Fsp3) is 0.286. The molecule has 10 heteroatoms. The number of alkyl carbamates (subject to hydrolysis) is 1. The number of hydrogen-bond donors (Lipinski definition) is 2. The largest absolute Gasteiger partial charge is 0.480 e. The van der Waals surface area contributed by atoms with Gasteiger partial charge in [0.25, 0.3) is 5.69 Å². The van der Waals surface area contributed by atoms with E-state index in [-0.39, 0.29) is 24.6 Å². The van der Waals surface area contributed by atoms with E-state index < -0.39 is 23.0 Å². The lowest BCUT2D eigenvalue weighted by Crippen LogP contribution is -2.43. The molecule has 5 rings (SSSR count). The van der Waals surface area contributed by atoms with Crippen LogP contribution in [0.2, 0.25) is 0 Å². The van der Waals surface area contributed by atoms with Crippen molar-refractivity contribution in [3.05, 3.63) is 93.5 Å². The van der Waals surface area contributed by atoms with Crippen molar-refractivity contribution in [1.82, 2.24) is 5.32 Å². The molecule has 1 heterocycles. The molecule has 1 fully saturated rings. The van der Waals surface area contributed by atoms with Gasteiger partial charge in [-0.05, 0) is 33.9 Å². The summed E-state index contributed by atoms with van der Waals surface area (Å²) in [6.07, 6.45) is -1.01. The molecule has 3 aromatic rings. The van der Waals surface area contributed by atoms with Crippen molar-refractivity contribution in [3.8, 4) is 11.1 Å². The van der Waals surface area contributed by atoms with Gasteiger partial charge in [-0.2, -0.15) is 0 Å². The highest BCUT2D eigenvalue weighted by Gasteiger charge is 2.30. The number of aliphatic carboxylic acids is 1. The van der Waals surface area contributed by atoms with Gasteiger partial charge >= 0.3 is 12.1 Å². The Morgan fingerprint density at radius 1 is 1.05 bits per heavy atom. The van der Waals surface area contributed by atoms with Gasteiger partial charge in [0.2, 0.25) is 0 Å². The number of nitro benzene ring substituents is 1. The van der Waals surface area contributed by atoms with Gasteiger partial charge in [0.15, 0.2) is 0 Å². The number of nitrogens with zero attached hydrogens (tertiary/aromatic N) is 2. The summed E-state index contributed by atoms with van der Waals surface area (Å²) in [5, 5.41) is 23.7. The highest BCUT2D eigenvalue weighted by molar-refractivity contribution is 5.81. The lowest BCUT2D eigenvalue weighted by atomic mass is 9.98. The normalized spacial score (nSPS) is 15.3. The fourth-order valence-electron chi connectivity index (χ4n) is 5.16. The third-order valence-electron chi connectivity index (χ3n) is 6.98. The summed E-state index contributed by atoms with van der Waals surface area (Å²) in [7, 11) is 0. The minimum atomic E-state index is -1.34. The number of nitrogens with one attached hydrogen (secondary N) is 1. The smallest absolute Gasteiger partial charge is 0.407 e. The Labute approximate surface area is 218 Å². The Kier molecular flexibility index (Phi) is 7.23. The maximum absolute atomic E-state index is 12.8. The maximum atomic E-state index is 12.8. The van der Waals surface area contributed by atoms with Gasteiger partial charge in [-0.3, -0.25) is 10.1 Å². The van der Waals surface area contributed by atoms with Crippen molar-refractivity contribution in [2.75, 3.05) is 37.8 Å². The summed E-state index contributed by atoms with van der Waals surface area (Å²) in [4.78, 5) is 37.7. The van der Waals surface area contributed by atoms with Crippen LogP contribution in [0.25, 0.3) is 11.1 Å². The Morgan fingerprint density at radius 2 is 1.68 bits per heavy atom. The molecule has 38 heavy (non-hydrogen) atoms. The van der Waals surface area contributed by atoms with Crippen molar-refractivity contribution in [2.24, 2.45) is 0 Å².